The molecule has 1 atom stereocenters. The summed E-state index contributed by atoms with van der Waals surface area (Å²) in [6, 6.07) is 4.09. The van der Waals surface area contributed by atoms with Gasteiger partial charge in [-0.1, -0.05) is 6.92 Å². The molecule has 1 unspecified atom stereocenters. The number of aromatic nitrogens is 1. The van der Waals surface area contributed by atoms with Gasteiger partial charge in [0.05, 0.1) is 0 Å². The second kappa shape index (κ2) is 6.55. The monoisotopic (exact) mass is 261 g/mol. The fraction of sp³-hybridized carbons (Fsp3) is 0.600. The number of hydrogen-bond donors (Lipinski definition) is 1. The molecule has 0 aromatic carbocycles. The molecule has 104 valence electrons. The summed E-state index contributed by atoms with van der Waals surface area (Å²) in [5.74, 6) is -0.0757. The smallest absolute Gasteiger partial charge is 0.270 e. The summed E-state index contributed by atoms with van der Waals surface area (Å²) in [5, 5.41) is 2.96. The van der Waals surface area contributed by atoms with Crippen molar-refractivity contribution in [2.45, 2.75) is 45.6 Å². The molecule has 0 saturated carbocycles. The minimum Gasteiger partial charge on any atom is -0.371 e. The summed E-state index contributed by atoms with van der Waals surface area (Å²) in [5.41, 5.74) is 1.63. The molecule has 1 amide bonds. The van der Waals surface area contributed by atoms with E-state index in [-0.39, 0.29) is 11.9 Å². The second-order valence-corrected chi connectivity index (χ2v) is 5.23. The molecule has 19 heavy (non-hydrogen) atoms. The van der Waals surface area contributed by atoms with Gasteiger partial charge in [0, 0.05) is 31.0 Å². The average Bonchev–Trinajstić information content (AvgIpc) is 2.48. The van der Waals surface area contributed by atoms with Crippen molar-refractivity contribution < 1.29 is 4.79 Å². The Hall–Kier alpha value is -1.58. The first kappa shape index (κ1) is 13.8. The van der Waals surface area contributed by atoms with E-state index in [2.05, 4.69) is 22.1 Å². The van der Waals surface area contributed by atoms with Crippen LogP contribution in [0.4, 0.5) is 5.69 Å². The average molecular weight is 261 g/mol. The van der Waals surface area contributed by atoms with E-state index in [1.807, 2.05) is 19.1 Å². The lowest BCUT2D eigenvalue weighted by Crippen LogP contribution is -2.33. The van der Waals surface area contributed by atoms with Gasteiger partial charge in [-0.25, -0.2) is 0 Å². The first-order valence-corrected chi connectivity index (χ1v) is 7.22. The summed E-state index contributed by atoms with van der Waals surface area (Å²) in [7, 11) is 0. The van der Waals surface area contributed by atoms with Crippen molar-refractivity contribution in [3.05, 3.63) is 24.0 Å². The van der Waals surface area contributed by atoms with Crippen LogP contribution in [-0.2, 0) is 0 Å². The van der Waals surface area contributed by atoms with Crippen LogP contribution in [0.5, 0.6) is 0 Å². The molecule has 1 fully saturated rings. The molecule has 1 N–H and O–H groups in total. The summed E-state index contributed by atoms with van der Waals surface area (Å²) < 4.78 is 0. The van der Waals surface area contributed by atoms with Crippen molar-refractivity contribution in [1.82, 2.24) is 10.3 Å². The lowest BCUT2D eigenvalue weighted by molar-refractivity contribution is 0.0934. The largest absolute Gasteiger partial charge is 0.371 e. The van der Waals surface area contributed by atoms with Crippen LogP contribution in [0.3, 0.4) is 0 Å². The molecule has 0 bridgehead atoms. The van der Waals surface area contributed by atoms with E-state index in [9.17, 15) is 4.79 Å². The van der Waals surface area contributed by atoms with Crippen LogP contribution < -0.4 is 10.2 Å². The normalized spacial score (nSPS) is 17.1. The van der Waals surface area contributed by atoms with E-state index in [0.717, 1.165) is 25.2 Å². The molecule has 1 aromatic heterocycles. The highest BCUT2D eigenvalue weighted by atomic mass is 16.1. The van der Waals surface area contributed by atoms with Gasteiger partial charge in [-0.3, -0.25) is 9.78 Å². The van der Waals surface area contributed by atoms with Gasteiger partial charge in [-0.05, 0) is 44.7 Å². The number of piperidine rings is 1. The molecule has 2 rings (SSSR count). The molecular formula is C15H23N3O. The first-order valence-electron chi connectivity index (χ1n) is 7.22. The molecule has 4 heteroatoms. The highest BCUT2D eigenvalue weighted by molar-refractivity contribution is 5.93. The minimum absolute atomic E-state index is 0.0757. The van der Waals surface area contributed by atoms with Crippen molar-refractivity contribution >= 4 is 11.6 Å². The van der Waals surface area contributed by atoms with E-state index >= 15 is 0 Å². The molecule has 0 aliphatic carbocycles. The van der Waals surface area contributed by atoms with Crippen molar-refractivity contribution in [3.63, 3.8) is 0 Å². The molecule has 2 heterocycles. The molecule has 1 aliphatic rings. The molecule has 1 saturated heterocycles. The van der Waals surface area contributed by atoms with Crippen molar-refractivity contribution in [3.8, 4) is 0 Å². The Morgan fingerprint density at radius 2 is 2.16 bits per heavy atom. The van der Waals surface area contributed by atoms with E-state index < -0.39 is 0 Å². The van der Waals surface area contributed by atoms with Gasteiger partial charge in [-0.15, -0.1) is 0 Å². The van der Waals surface area contributed by atoms with Gasteiger partial charge in [0.15, 0.2) is 0 Å². The van der Waals surface area contributed by atoms with Crippen molar-refractivity contribution in [1.29, 1.82) is 0 Å². The number of nitrogens with zero attached hydrogens (tertiary/aromatic N) is 2. The maximum Gasteiger partial charge on any atom is 0.270 e. The Kier molecular flexibility index (Phi) is 4.77. The number of hydrogen-bond acceptors (Lipinski definition) is 3. The van der Waals surface area contributed by atoms with Crippen LogP contribution >= 0.6 is 0 Å². The van der Waals surface area contributed by atoms with Gasteiger partial charge in [0.2, 0.25) is 0 Å². The maximum atomic E-state index is 12.1. The zero-order valence-electron chi connectivity index (χ0n) is 11.9. The van der Waals surface area contributed by atoms with E-state index in [1.165, 1.54) is 19.3 Å². The predicted octanol–water partition coefficient (Wildman–Crippen LogP) is 2.60. The van der Waals surface area contributed by atoms with Crippen LogP contribution in [0.2, 0.25) is 0 Å². The third-order valence-corrected chi connectivity index (χ3v) is 3.69. The Bertz CT molecular complexity index is 427. The van der Waals surface area contributed by atoms with Crippen molar-refractivity contribution in [2.24, 2.45) is 0 Å². The zero-order valence-corrected chi connectivity index (χ0v) is 11.9. The number of anilines is 1. The fourth-order valence-electron chi connectivity index (χ4n) is 2.29. The van der Waals surface area contributed by atoms with Gasteiger partial charge in [-0.2, -0.15) is 0 Å². The third-order valence-electron chi connectivity index (χ3n) is 3.69. The minimum atomic E-state index is -0.0757. The molecule has 0 spiro atoms. The Morgan fingerprint density at radius 3 is 2.84 bits per heavy atom. The Labute approximate surface area is 115 Å². The fourth-order valence-corrected chi connectivity index (χ4v) is 2.29. The Balaban J connectivity index is 2.07. The summed E-state index contributed by atoms with van der Waals surface area (Å²) in [4.78, 5) is 18.6. The zero-order chi connectivity index (χ0) is 13.7. The van der Waals surface area contributed by atoms with E-state index in [0.29, 0.717) is 5.69 Å². The second-order valence-electron chi connectivity index (χ2n) is 5.23. The number of rotatable bonds is 4. The summed E-state index contributed by atoms with van der Waals surface area (Å²) in [6.07, 6.45) is 6.43. The molecular weight excluding hydrogens is 238 g/mol. The summed E-state index contributed by atoms with van der Waals surface area (Å²) >= 11 is 0. The predicted molar refractivity (Wildman–Crippen MR) is 77.5 cm³/mol. The summed E-state index contributed by atoms with van der Waals surface area (Å²) in [6.45, 7) is 6.22. The standard InChI is InChI=1S/C15H23N3O/c1-3-12(2)17-15(19)14-11-13(7-8-16-14)18-9-5-4-6-10-18/h7-8,11-12H,3-6,9-10H2,1-2H3,(H,17,19). The van der Waals surface area contributed by atoms with Gasteiger partial charge in [0.1, 0.15) is 5.69 Å². The van der Waals surface area contributed by atoms with Crippen molar-refractivity contribution in [2.75, 3.05) is 18.0 Å². The van der Waals surface area contributed by atoms with E-state index in [1.54, 1.807) is 6.20 Å². The van der Waals surface area contributed by atoms with Crippen LogP contribution in [-0.4, -0.2) is 30.0 Å². The number of carbonyl (C=O) groups excluding carboxylic acids is 1. The Morgan fingerprint density at radius 1 is 1.42 bits per heavy atom. The maximum absolute atomic E-state index is 12.1. The van der Waals surface area contributed by atoms with Crippen LogP contribution in [0.15, 0.2) is 18.3 Å². The molecule has 0 radical (unpaired) electrons. The molecule has 1 aliphatic heterocycles. The number of pyridine rings is 1. The molecule has 1 aromatic rings. The lowest BCUT2D eigenvalue weighted by atomic mass is 10.1. The number of amides is 1. The topological polar surface area (TPSA) is 45.2 Å². The first-order chi connectivity index (χ1) is 9.20. The van der Waals surface area contributed by atoms with Crippen LogP contribution in [0, 0.1) is 0 Å². The highest BCUT2D eigenvalue weighted by Crippen LogP contribution is 2.19. The quantitative estimate of drug-likeness (QED) is 0.906. The highest BCUT2D eigenvalue weighted by Gasteiger charge is 2.14. The van der Waals surface area contributed by atoms with Gasteiger partial charge in [0.25, 0.3) is 5.91 Å². The molecule has 4 nitrogen and oxygen atoms in total. The third kappa shape index (κ3) is 3.69. The van der Waals surface area contributed by atoms with Crippen LogP contribution in [0.25, 0.3) is 0 Å². The van der Waals surface area contributed by atoms with Gasteiger partial charge < -0.3 is 10.2 Å². The van der Waals surface area contributed by atoms with Gasteiger partial charge >= 0.3 is 0 Å². The SMILES string of the molecule is CCC(C)NC(=O)c1cc(N2CCCCC2)ccn1. The lowest BCUT2D eigenvalue weighted by Gasteiger charge is -2.28. The van der Waals surface area contributed by atoms with Crippen LogP contribution in [0.1, 0.15) is 50.0 Å². The number of carbonyl (C=O) groups is 1. The van der Waals surface area contributed by atoms with E-state index in [4.69, 9.17) is 0 Å². The number of nitrogens with one attached hydrogen (secondary N) is 1.